The van der Waals surface area contributed by atoms with E-state index in [0.717, 1.165) is 0 Å². The fourth-order valence-corrected chi connectivity index (χ4v) is 2.05. The van der Waals surface area contributed by atoms with Crippen LogP contribution in [0.3, 0.4) is 0 Å². The molecular weight excluding hydrogens is 292 g/mol. The molecule has 1 amide bonds. The maximum absolute atomic E-state index is 12.6. The Morgan fingerprint density at radius 3 is 2.48 bits per heavy atom. The molecule has 0 saturated carbocycles. The summed E-state index contributed by atoms with van der Waals surface area (Å²) < 4.78 is 0. The van der Waals surface area contributed by atoms with Crippen LogP contribution < -0.4 is 4.90 Å². The van der Waals surface area contributed by atoms with E-state index < -0.39 is 5.97 Å². The number of carboxylic acid groups (broad SMARTS) is 1. The first-order chi connectivity index (χ1) is 10.1. The number of amides is 1. The number of carboxylic acids is 1. The van der Waals surface area contributed by atoms with Crippen LogP contribution in [0.15, 0.2) is 48.7 Å². The van der Waals surface area contributed by atoms with Crippen LogP contribution in [-0.2, 0) is 4.79 Å². The predicted molar refractivity (Wildman–Crippen MR) is 79.6 cm³/mol. The summed E-state index contributed by atoms with van der Waals surface area (Å²) in [4.78, 5) is 28.6. The van der Waals surface area contributed by atoms with E-state index >= 15 is 0 Å². The molecule has 0 fully saturated rings. The van der Waals surface area contributed by atoms with Gasteiger partial charge in [0.15, 0.2) is 0 Å². The minimum absolute atomic E-state index is 0.0589. The molecule has 0 aliphatic rings. The van der Waals surface area contributed by atoms with Crippen LogP contribution in [0.4, 0.5) is 5.69 Å². The minimum atomic E-state index is -0.971. The Bertz CT molecular complexity index is 646. The number of nitrogens with zero attached hydrogens (tertiary/aromatic N) is 2. The fraction of sp³-hybridized carbons (Fsp3) is 0.133. The molecule has 0 atom stereocenters. The van der Waals surface area contributed by atoms with Crippen molar-refractivity contribution in [2.45, 2.75) is 6.42 Å². The molecule has 6 heteroatoms. The van der Waals surface area contributed by atoms with Crippen LogP contribution >= 0.6 is 11.6 Å². The van der Waals surface area contributed by atoms with Gasteiger partial charge in [-0.2, -0.15) is 0 Å². The van der Waals surface area contributed by atoms with Crippen molar-refractivity contribution in [1.82, 2.24) is 4.98 Å². The SMILES string of the molecule is O=C(O)CCN(C(=O)c1cccnc1Cl)c1ccccc1. The molecule has 2 rings (SSSR count). The molecule has 0 aliphatic carbocycles. The normalized spacial score (nSPS) is 10.1. The average Bonchev–Trinajstić information content (AvgIpc) is 2.48. The van der Waals surface area contributed by atoms with Gasteiger partial charge in [-0.1, -0.05) is 29.8 Å². The molecule has 0 radical (unpaired) electrons. The van der Waals surface area contributed by atoms with Crippen LogP contribution in [0.25, 0.3) is 0 Å². The topological polar surface area (TPSA) is 70.5 Å². The smallest absolute Gasteiger partial charge is 0.305 e. The van der Waals surface area contributed by atoms with E-state index in [1.807, 2.05) is 6.07 Å². The molecule has 0 saturated heterocycles. The first-order valence-corrected chi connectivity index (χ1v) is 6.66. The van der Waals surface area contributed by atoms with E-state index in [2.05, 4.69) is 4.98 Å². The fourth-order valence-electron chi connectivity index (χ4n) is 1.85. The number of halogens is 1. The van der Waals surface area contributed by atoms with Gasteiger partial charge in [0.25, 0.3) is 5.91 Å². The zero-order valence-corrected chi connectivity index (χ0v) is 11.8. The van der Waals surface area contributed by atoms with Crippen molar-refractivity contribution in [3.05, 3.63) is 59.4 Å². The van der Waals surface area contributed by atoms with Gasteiger partial charge < -0.3 is 10.0 Å². The van der Waals surface area contributed by atoms with E-state index in [0.29, 0.717) is 5.69 Å². The number of pyridine rings is 1. The van der Waals surface area contributed by atoms with Gasteiger partial charge in [-0.15, -0.1) is 0 Å². The lowest BCUT2D eigenvalue weighted by atomic mass is 10.2. The highest BCUT2D eigenvalue weighted by Gasteiger charge is 2.21. The molecule has 5 nitrogen and oxygen atoms in total. The Kier molecular flexibility index (Phi) is 4.90. The number of hydrogen-bond donors (Lipinski definition) is 1. The Balaban J connectivity index is 2.33. The van der Waals surface area contributed by atoms with Crippen LogP contribution in [0, 0.1) is 0 Å². The molecule has 2 aromatic rings. The number of anilines is 1. The molecule has 21 heavy (non-hydrogen) atoms. The quantitative estimate of drug-likeness (QED) is 0.862. The Labute approximate surface area is 126 Å². The maximum Gasteiger partial charge on any atom is 0.305 e. The number of rotatable bonds is 5. The standard InChI is InChI=1S/C15H13ClN2O3/c16-14-12(7-4-9-17-14)15(21)18(10-8-13(19)20)11-5-2-1-3-6-11/h1-7,9H,8,10H2,(H,19,20). The minimum Gasteiger partial charge on any atom is -0.481 e. The van der Waals surface area contributed by atoms with Gasteiger partial charge in [-0.25, -0.2) is 4.98 Å². The third-order valence-electron chi connectivity index (χ3n) is 2.85. The molecule has 1 heterocycles. The summed E-state index contributed by atoms with van der Waals surface area (Å²) in [6.07, 6.45) is 1.34. The second-order valence-electron chi connectivity index (χ2n) is 4.28. The van der Waals surface area contributed by atoms with Crippen LogP contribution in [0.2, 0.25) is 5.15 Å². The van der Waals surface area contributed by atoms with Crippen LogP contribution in [-0.4, -0.2) is 28.5 Å². The molecule has 0 spiro atoms. The van der Waals surface area contributed by atoms with E-state index in [1.54, 1.807) is 36.4 Å². The molecule has 0 bridgehead atoms. The lowest BCUT2D eigenvalue weighted by Crippen LogP contribution is -2.33. The molecule has 1 N–H and O–H groups in total. The molecule has 1 aromatic heterocycles. The van der Waals surface area contributed by atoms with Gasteiger partial charge in [0, 0.05) is 18.4 Å². The van der Waals surface area contributed by atoms with Crippen molar-refractivity contribution in [3.8, 4) is 0 Å². The monoisotopic (exact) mass is 304 g/mol. The van der Waals surface area contributed by atoms with Crippen molar-refractivity contribution in [1.29, 1.82) is 0 Å². The van der Waals surface area contributed by atoms with Crippen LogP contribution in [0.5, 0.6) is 0 Å². The summed E-state index contributed by atoms with van der Waals surface area (Å²) in [6.45, 7) is 0.0589. The molecule has 0 unspecified atom stereocenters. The Morgan fingerprint density at radius 2 is 1.86 bits per heavy atom. The summed E-state index contributed by atoms with van der Waals surface area (Å²) in [5.74, 6) is -1.35. The van der Waals surface area contributed by atoms with Crippen molar-refractivity contribution >= 4 is 29.2 Å². The lowest BCUT2D eigenvalue weighted by molar-refractivity contribution is -0.136. The molecule has 1 aromatic carbocycles. The maximum atomic E-state index is 12.6. The number of aliphatic carboxylic acids is 1. The molecular formula is C15H13ClN2O3. The largest absolute Gasteiger partial charge is 0.481 e. The summed E-state index contributed by atoms with van der Waals surface area (Å²) in [7, 11) is 0. The zero-order valence-electron chi connectivity index (χ0n) is 11.1. The van der Waals surface area contributed by atoms with Gasteiger partial charge in [-0.3, -0.25) is 9.59 Å². The first-order valence-electron chi connectivity index (χ1n) is 6.29. The number of aromatic nitrogens is 1. The van der Waals surface area contributed by atoms with Crippen LogP contribution in [0.1, 0.15) is 16.8 Å². The zero-order chi connectivity index (χ0) is 15.2. The number of hydrogen-bond acceptors (Lipinski definition) is 3. The van der Waals surface area contributed by atoms with Crippen molar-refractivity contribution < 1.29 is 14.7 Å². The highest BCUT2D eigenvalue weighted by Crippen LogP contribution is 2.20. The lowest BCUT2D eigenvalue weighted by Gasteiger charge is -2.22. The number of para-hydroxylation sites is 1. The number of carbonyl (C=O) groups is 2. The second kappa shape index (κ2) is 6.85. The Morgan fingerprint density at radius 1 is 1.14 bits per heavy atom. The van der Waals surface area contributed by atoms with Crippen molar-refractivity contribution in [3.63, 3.8) is 0 Å². The summed E-state index contributed by atoms with van der Waals surface area (Å²) in [6, 6.07) is 12.0. The van der Waals surface area contributed by atoms with E-state index in [4.69, 9.17) is 16.7 Å². The van der Waals surface area contributed by atoms with Gasteiger partial charge in [0.1, 0.15) is 5.15 Å². The third-order valence-corrected chi connectivity index (χ3v) is 3.15. The second-order valence-corrected chi connectivity index (χ2v) is 4.64. The Hall–Kier alpha value is -2.40. The highest BCUT2D eigenvalue weighted by molar-refractivity contribution is 6.33. The number of carbonyl (C=O) groups excluding carboxylic acids is 1. The van der Waals surface area contributed by atoms with Crippen molar-refractivity contribution in [2.75, 3.05) is 11.4 Å². The highest BCUT2D eigenvalue weighted by atomic mass is 35.5. The molecule has 108 valence electrons. The van der Waals surface area contributed by atoms with E-state index in [-0.39, 0.29) is 29.6 Å². The summed E-state index contributed by atoms with van der Waals surface area (Å²) in [5.41, 5.74) is 0.858. The average molecular weight is 305 g/mol. The van der Waals surface area contributed by atoms with Gasteiger partial charge in [-0.05, 0) is 24.3 Å². The third kappa shape index (κ3) is 3.79. The number of benzene rings is 1. The summed E-state index contributed by atoms with van der Waals surface area (Å²) >= 11 is 5.94. The predicted octanol–water partition coefficient (Wildman–Crippen LogP) is 2.86. The van der Waals surface area contributed by atoms with Crippen molar-refractivity contribution in [2.24, 2.45) is 0 Å². The van der Waals surface area contributed by atoms with Gasteiger partial charge >= 0.3 is 5.97 Å². The summed E-state index contributed by atoms with van der Waals surface area (Å²) in [5, 5.41) is 8.94. The molecule has 0 aliphatic heterocycles. The van der Waals surface area contributed by atoms with Gasteiger partial charge in [0.05, 0.1) is 12.0 Å². The van der Waals surface area contributed by atoms with E-state index in [9.17, 15) is 9.59 Å². The van der Waals surface area contributed by atoms with E-state index in [1.165, 1.54) is 11.1 Å². The van der Waals surface area contributed by atoms with Gasteiger partial charge in [0.2, 0.25) is 0 Å². The first kappa shape index (κ1) is 15.0.